The third-order valence-electron chi connectivity index (χ3n) is 2.38. The van der Waals surface area contributed by atoms with Gasteiger partial charge >= 0.3 is 6.18 Å². The van der Waals surface area contributed by atoms with Crippen LogP contribution in [0.2, 0.25) is 0 Å². The molecule has 96 valence electrons. The molecular formula is C12H16F3NO. The molecule has 0 aliphatic heterocycles. The van der Waals surface area contributed by atoms with E-state index in [0.717, 1.165) is 16.9 Å². The van der Waals surface area contributed by atoms with Crippen molar-refractivity contribution in [3.63, 3.8) is 0 Å². The van der Waals surface area contributed by atoms with Crippen molar-refractivity contribution < 1.29 is 17.9 Å². The fraction of sp³-hybridized carbons (Fsp3) is 0.500. The molecule has 1 rings (SSSR count). The second-order valence-electron chi connectivity index (χ2n) is 3.85. The summed E-state index contributed by atoms with van der Waals surface area (Å²) >= 11 is 0. The van der Waals surface area contributed by atoms with Crippen LogP contribution in [0.25, 0.3) is 0 Å². The molecule has 0 fully saturated rings. The van der Waals surface area contributed by atoms with Crippen LogP contribution in [-0.4, -0.2) is 26.4 Å². The topological polar surface area (TPSA) is 21.3 Å². The largest absolute Gasteiger partial charge is 0.496 e. The second kappa shape index (κ2) is 5.91. The number of rotatable bonds is 5. The molecule has 5 heteroatoms. The summed E-state index contributed by atoms with van der Waals surface area (Å²) in [7, 11) is 1.59. The highest BCUT2D eigenvalue weighted by molar-refractivity contribution is 5.36. The monoisotopic (exact) mass is 247 g/mol. The van der Waals surface area contributed by atoms with Crippen molar-refractivity contribution in [3.05, 3.63) is 29.3 Å². The van der Waals surface area contributed by atoms with E-state index in [1.165, 1.54) is 0 Å². The lowest BCUT2D eigenvalue weighted by molar-refractivity contribution is -0.124. The lowest BCUT2D eigenvalue weighted by Crippen LogP contribution is -2.30. The molecule has 1 N–H and O–H groups in total. The van der Waals surface area contributed by atoms with Gasteiger partial charge in [0.05, 0.1) is 13.7 Å². The van der Waals surface area contributed by atoms with Crippen LogP contribution in [0.3, 0.4) is 0 Å². The highest BCUT2D eigenvalue weighted by atomic mass is 19.4. The number of hydrogen-bond donors (Lipinski definition) is 1. The van der Waals surface area contributed by atoms with Gasteiger partial charge in [-0.25, -0.2) is 0 Å². The van der Waals surface area contributed by atoms with Crippen LogP contribution in [0.4, 0.5) is 13.2 Å². The summed E-state index contributed by atoms with van der Waals surface area (Å²) in [5.74, 6) is 0.789. The van der Waals surface area contributed by atoms with Crippen LogP contribution in [0.5, 0.6) is 5.75 Å². The van der Waals surface area contributed by atoms with Crippen LogP contribution in [0.15, 0.2) is 18.2 Å². The van der Waals surface area contributed by atoms with Crippen LogP contribution >= 0.6 is 0 Å². The van der Waals surface area contributed by atoms with Crippen molar-refractivity contribution in [3.8, 4) is 5.75 Å². The summed E-state index contributed by atoms with van der Waals surface area (Å²) in [5, 5.41) is 2.37. The molecule has 0 radical (unpaired) electrons. The number of ether oxygens (including phenoxy) is 1. The van der Waals surface area contributed by atoms with E-state index in [2.05, 4.69) is 5.32 Å². The summed E-state index contributed by atoms with van der Waals surface area (Å²) in [5.41, 5.74) is 1.98. The van der Waals surface area contributed by atoms with E-state index in [1.54, 1.807) is 7.11 Å². The molecule has 1 aromatic rings. The van der Waals surface area contributed by atoms with Gasteiger partial charge in [-0.15, -0.1) is 0 Å². The van der Waals surface area contributed by atoms with Crippen molar-refractivity contribution in [1.82, 2.24) is 5.32 Å². The van der Waals surface area contributed by atoms with Crippen LogP contribution < -0.4 is 10.1 Å². The summed E-state index contributed by atoms with van der Waals surface area (Å²) in [6.07, 6.45) is -3.57. The van der Waals surface area contributed by atoms with Gasteiger partial charge < -0.3 is 10.1 Å². The third kappa shape index (κ3) is 5.08. The second-order valence-corrected chi connectivity index (χ2v) is 3.85. The molecule has 0 spiro atoms. The van der Waals surface area contributed by atoms with E-state index in [9.17, 15) is 13.2 Å². The molecule has 0 atom stereocenters. The summed E-state index contributed by atoms with van der Waals surface area (Å²) in [6.45, 7) is 1.28. The van der Waals surface area contributed by atoms with Crippen molar-refractivity contribution in [1.29, 1.82) is 0 Å². The van der Waals surface area contributed by atoms with Gasteiger partial charge in [0.25, 0.3) is 0 Å². The lowest BCUT2D eigenvalue weighted by Gasteiger charge is -2.09. The Kier molecular flexibility index (Phi) is 4.81. The summed E-state index contributed by atoms with van der Waals surface area (Å²) < 4.78 is 40.7. The minimum absolute atomic E-state index is 0.311. The molecule has 17 heavy (non-hydrogen) atoms. The smallest absolute Gasteiger partial charge is 0.401 e. The Hall–Kier alpha value is -1.23. The molecule has 2 nitrogen and oxygen atoms in total. The zero-order chi connectivity index (χ0) is 12.9. The molecule has 0 heterocycles. The van der Waals surface area contributed by atoms with E-state index in [4.69, 9.17) is 4.74 Å². The molecule has 0 bridgehead atoms. The minimum Gasteiger partial charge on any atom is -0.496 e. The molecule has 0 aliphatic rings. The van der Waals surface area contributed by atoms with E-state index < -0.39 is 12.7 Å². The van der Waals surface area contributed by atoms with E-state index in [0.29, 0.717) is 13.0 Å². The Labute approximate surface area is 98.8 Å². The maximum atomic E-state index is 11.9. The number of halogens is 3. The van der Waals surface area contributed by atoms with Gasteiger partial charge in [-0.3, -0.25) is 0 Å². The standard InChI is InChI=1S/C12H16F3NO/c1-9-7-10(3-4-11(9)17-2)5-6-16-8-12(13,14)15/h3-4,7,16H,5-6,8H2,1-2H3. The Balaban J connectivity index is 2.40. The maximum Gasteiger partial charge on any atom is 0.401 e. The SMILES string of the molecule is COc1ccc(CCNCC(F)(F)F)cc1C. The molecule has 0 aromatic heterocycles. The normalized spacial score (nSPS) is 11.6. The number of nitrogens with one attached hydrogen (secondary N) is 1. The average Bonchev–Trinajstić information content (AvgIpc) is 2.23. The Bertz CT molecular complexity index is 363. The highest BCUT2D eigenvalue weighted by Crippen LogP contribution is 2.18. The first-order chi connectivity index (χ1) is 7.92. The fourth-order valence-corrected chi connectivity index (χ4v) is 1.56. The van der Waals surface area contributed by atoms with Gasteiger partial charge in [0.2, 0.25) is 0 Å². The van der Waals surface area contributed by atoms with Crippen LogP contribution in [0, 0.1) is 6.92 Å². The first kappa shape index (κ1) is 13.8. The fourth-order valence-electron chi connectivity index (χ4n) is 1.56. The molecule has 0 unspecified atom stereocenters. The summed E-state index contributed by atoms with van der Waals surface area (Å²) in [4.78, 5) is 0. The molecule has 1 aromatic carbocycles. The summed E-state index contributed by atoms with van der Waals surface area (Å²) in [6, 6.07) is 5.61. The first-order valence-corrected chi connectivity index (χ1v) is 5.33. The predicted molar refractivity (Wildman–Crippen MR) is 60.4 cm³/mol. The lowest BCUT2D eigenvalue weighted by atomic mass is 10.1. The van der Waals surface area contributed by atoms with Crippen molar-refractivity contribution in [2.75, 3.05) is 20.2 Å². The maximum absolute atomic E-state index is 11.9. The van der Waals surface area contributed by atoms with Gasteiger partial charge in [0.1, 0.15) is 5.75 Å². The van der Waals surface area contributed by atoms with E-state index >= 15 is 0 Å². The molecule has 0 saturated heterocycles. The minimum atomic E-state index is -4.14. The number of aryl methyl sites for hydroxylation is 1. The van der Waals surface area contributed by atoms with Gasteiger partial charge in [-0.1, -0.05) is 12.1 Å². The van der Waals surface area contributed by atoms with Gasteiger partial charge in [0, 0.05) is 0 Å². The number of alkyl halides is 3. The number of hydrogen-bond acceptors (Lipinski definition) is 2. The molecule has 0 aliphatic carbocycles. The van der Waals surface area contributed by atoms with Crippen LogP contribution in [-0.2, 0) is 6.42 Å². The average molecular weight is 247 g/mol. The van der Waals surface area contributed by atoms with E-state index in [-0.39, 0.29) is 0 Å². The van der Waals surface area contributed by atoms with Gasteiger partial charge in [-0.2, -0.15) is 13.2 Å². The zero-order valence-corrected chi connectivity index (χ0v) is 9.90. The van der Waals surface area contributed by atoms with Crippen LogP contribution in [0.1, 0.15) is 11.1 Å². The molecule has 0 saturated carbocycles. The van der Waals surface area contributed by atoms with Crippen molar-refractivity contribution >= 4 is 0 Å². The Morgan fingerprint density at radius 1 is 1.29 bits per heavy atom. The first-order valence-electron chi connectivity index (χ1n) is 5.33. The van der Waals surface area contributed by atoms with Gasteiger partial charge in [0.15, 0.2) is 0 Å². The van der Waals surface area contributed by atoms with Crippen molar-refractivity contribution in [2.24, 2.45) is 0 Å². The number of methoxy groups -OCH3 is 1. The molecule has 0 amide bonds. The highest BCUT2D eigenvalue weighted by Gasteiger charge is 2.25. The van der Waals surface area contributed by atoms with Crippen molar-refractivity contribution in [2.45, 2.75) is 19.5 Å². The Morgan fingerprint density at radius 3 is 2.53 bits per heavy atom. The number of benzene rings is 1. The molecular weight excluding hydrogens is 231 g/mol. The third-order valence-corrected chi connectivity index (χ3v) is 2.38. The van der Waals surface area contributed by atoms with E-state index in [1.807, 2.05) is 25.1 Å². The van der Waals surface area contributed by atoms with Gasteiger partial charge in [-0.05, 0) is 37.1 Å². The predicted octanol–water partition coefficient (Wildman–Crippen LogP) is 2.70. The Morgan fingerprint density at radius 2 is 2.00 bits per heavy atom. The quantitative estimate of drug-likeness (QED) is 0.808. The zero-order valence-electron chi connectivity index (χ0n) is 9.90.